The molecule has 0 radical (unpaired) electrons. The van der Waals surface area contributed by atoms with E-state index in [1.807, 2.05) is 0 Å². The van der Waals surface area contributed by atoms with Crippen LogP contribution in [0, 0.1) is 0 Å². The molecular formula is C10H13FN2O5. The molecule has 1 aliphatic heterocycles. The molecule has 0 bridgehead atoms. The lowest BCUT2D eigenvalue weighted by Crippen LogP contribution is -2.46. The van der Waals surface area contributed by atoms with Crippen LogP contribution in [0.2, 0.25) is 0 Å². The summed E-state index contributed by atoms with van der Waals surface area (Å²) in [5.74, 6) is 0. The van der Waals surface area contributed by atoms with Gasteiger partial charge in [-0.1, -0.05) is 0 Å². The number of hydrogen-bond acceptors (Lipinski definition) is 5. The third kappa shape index (κ3) is 1.78. The first-order valence-corrected chi connectivity index (χ1v) is 5.33. The minimum atomic E-state index is -2.36. The second-order valence-electron chi connectivity index (χ2n) is 4.30. The van der Waals surface area contributed by atoms with Crippen LogP contribution in [0.25, 0.3) is 0 Å². The quantitative estimate of drug-likeness (QED) is 0.601. The molecule has 8 heteroatoms. The summed E-state index contributed by atoms with van der Waals surface area (Å²) >= 11 is 0. The third-order valence-corrected chi connectivity index (χ3v) is 3.02. The zero-order valence-electron chi connectivity index (χ0n) is 9.54. The van der Waals surface area contributed by atoms with Crippen LogP contribution in [0.15, 0.2) is 21.9 Å². The van der Waals surface area contributed by atoms with E-state index in [1.54, 1.807) is 0 Å². The lowest BCUT2D eigenvalue weighted by Gasteiger charge is -2.24. The minimum Gasteiger partial charge on any atom is -0.394 e. The first-order chi connectivity index (χ1) is 8.39. The van der Waals surface area contributed by atoms with Gasteiger partial charge in [-0.05, 0) is 6.92 Å². The van der Waals surface area contributed by atoms with Crippen LogP contribution in [0.1, 0.15) is 13.2 Å². The molecule has 0 aromatic carbocycles. The fraction of sp³-hybridized carbons (Fsp3) is 0.600. The Morgan fingerprint density at radius 3 is 2.78 bits per heavy atom. The molecule has 1 aromatic heterocycles. The van der Waals surface area contributed by atoms with Gasteiger partial charge in [-0.25, -0.2) is 13.8 Å². The average Bonchev–Trinajstić information content (AvgIpc) is 2.52. The van der Waals surface area contributed by atoms with E-state index < -0.39 is 42.0 Å². The molecule has 1 fully saturated rings. The van der Waals surface area contributed by atoms with Crippen LogP contribution in [0.4, 0.5) is 4.39 Å². The van der Waals surface area contributed by atoms with Crippen LogP contribution in [0.3, 0.4) is 0 Å². The van der Waals surface area contributed by atoms with Crippen molar-refractivity contribution in [3.05, 3.63) is 33.1 Å². The van der Waals surface area contributed by atoms with Crippen LogP contribution >= 0.6 is 0 Å². The van der Waals surface area contributed by atoms with E-state index in [9.17, 15) is 19.1 Å². The monoisotopic (exact) mass is 260 g/mol. The lowest BCUT2D eigenvalue weighted by molar-refractivity contribution is -0.0627. The predicted molar refractivity (Wildman–Crippen MR) is 57.8 cm³/mol. The fourth-order valence-electron chi connectivity index (χ4n) is 1.99. The van der Waals surface area contributed by atoms with Crippen molar-refractivity contribution in [3.63, 3.8) is 0 Å². The van der Waals surface area contributed by atoms with Crippen molar-refractivity contribution in [1.82, 2.24) is 9.55 Å². The molecule has 1 aromatic rings. The molecule has 4 atom stereocenters. The smallest absolute Gasteiger partial charge is 0.330 e. The standard InChI is InChI=1S/C10H13FN2O5/c1-10(11)7(16)5(4-14)18-8(10)13-6(15)2-3-12-9(13)17/h2-3,5,7-8,14,16H,4H2,1H3,(H,12,17)/t5-,7-,8-,10-/m1/s1. The molecule has 0 amide bonds. The molecule has 1 aliphatic rings. The SMILES string of the molecule is C[C@@]1(F)[C@H](O)[C@@H](CO)O[C@H]1n1c(=O)cc[nH]c1=O. The number of aliphatic hydroxyl groups excluding tert-OH is 2. The van der Waals surface area contributed by atoms with Crippen molar-refractivity contribution in [3.8, 4) is 0 Å². The molecule has 0 aliphatic carbocycles. The van der Waals surface area contributed by atoms with Gasteiger partial charge in [0, 0.05) is 12.3 Å². The minimum absolute atomic E-state index is 0.541. The second-order valence-corrected chi connectivity index (χ2v) is 4.30. The maximum Gasteiger partial charge on any atom is 0.330 e. The van der Waals surface area contributed by atoms with Gasteiger partial charge in [0.2, 0.25) is 0 Å². The number of alkyl halides is 1. The van der Waals surface area contributed by atoms with Gasteiger partial charge in [-0.15, -0.1) is 0 Å². The van der Waals surface area contributed by atoms with Gasteiger partial charge < -0.3 is 19.9 Å². The van der Waals surface area contributed by atoms with Crippen LogP contribution in [-0.2, 0) is 4.74 Å². The molecule has 7 nitrogen and oxygen atoms in total. The Hall–Kier alpha value is -1.51. The van der Waals surface area contributed by atoms with Crippen molar-refractivity contribution >= 4 is 0 Å². The zero-order valence-corrected chi connectivity index (χ0v) is 9.54. The fourth-order valence-corrected chi connectivity index (χ4v) is 1.99. The number of halogens is 1. The number of nitrogens with one attached hydrogen (secondary N) is 1. The van der Waals surface area contributed by atoms with Crippen LogP contribution in [0.5, 0.6) is 0 Å². The molecule has 2 heterocycles. The summed E-state index contributed by atoms with van der Waals surface area (Å²) in [5.41, 5.74) is -3.95. The van der Waals surface area contributed by atoms with Gasteiger partial charge in [0.25, 0.3) is 5.56 Å². The van der Waals surface area contributed by atoms with Crippen LogP contribution < -0.4 is 11.2 Å². The Balaban J connectivity index is 2.52. The highest BCUT2D eigenvalue weighted by atomic mass is 19.1. The van der Waals surface area contributed by atoms with E-state index in [4.69, 9.17) is 9.84 Å². The highest BCUT2D eigenvalue weighted by molar-refractivity contribution is 5.01. The summed E-state index contributed by atoms with van der Waals surface area (Å²) in [7, 11) is 0. The number of hydrogen-bond donors (Lipinski definition) is 3. The van der Waals surface area contributed by atoms with Gasteiger partial charge in [0.05, 0.1) is 6.61 Å². The first kappa shape index (κ1) is 12.9. The van der Waals surface area contributed by atoms with Crippen molar-refractivity contribution in [2.24, 2.45) is 0 Å². The molecule has 3 N–H and O–H groups in total. The number of aromatic nitrogens is 2. The highest BCUT2D eigenvalue weighted by Gasteiger charge is 2.55. The van der Waals surface area contributed by atoms with Crippen molar-refractivity contribution < 1.29 is 19.3 Å². The number of ether oxygens (including phenoxy) is 1. The molecule has 100 valence electrons. The van der Waals surface area contributed by atoms with Crippen molar-refractivity contribution in [1.29, 1.82) is 0 Å². The van der Waals surface area contributed by atoms with Crippen molar-refractivity contribution in [2.45, 2.75) is 31.0 Å². The normalized spacial score (nSPS) is 35.9. The summed E-state index contributed by atoms with van der Waals surface area (Å²) in [5, 5.41) is 18.6. The van der Waals surface area contributed by atoms with E-state index in [2.05, 4.69) is 4.98 Å². The van der Waals surface area contributed by atoms with Gasteiger partial charge in [0.15, 0.2) is 11.9 Å². The average molecular weight is 260 g/mol. The summed E-state index contributed by atoms with van der Waals surface area (Å²) in [4.78, 5) is 25.3. The Morgan fingerprint density at radius 1 is 1.61 bits per heavy atom. The number of aliphatic hydroxyl groups is 2. The predicted octanol–water partition coefficient (Wildman–Crippen LogP) is -1.48. The first-order valence-electron chi connectivity index (χ1n) is 5.33. The molecule has 0 saturated carbocycles. The summed E-state index contributed by atoms with van der Waals surface area (Å²) in [6.07, 6.45) is -3.26. The number of rotatable bonds is 2. The third-order valence-electron chi connectivity index (χ3n) is 3.02. The Morgan fingerprint density at radius 2 is 2.28 bits per heavy atom. The molecule has 2 rings (SSSR count). The largest absolute Gasteiger partial charge is 0.394 e. The topological polar surface area (TPSA) is 105 Å². The zero-order chi connectivity index (χ0) is 13.5. The molecule has 0 spiro atoms. The van der Waals surface area contributed by atoms with Gasteiger partial charge >= 0.3 is 5.69 Å². The van der Waals surface area contributed by atoms with E-state index in [1.165, 1.54) is 0 Å². The molecular weight excluding hydrogens is 247 g/mol. The maximum absolute atomic E-state index is 14.4. The number of nitrogens with zero attached hydrogens (tertiary/aromatic N) is 1. The Bertz CT molecular complexity index is 523. The molecule has 18 heavy (non-hydrogen) atoms. The van der Waals surface area contributed by atoms with Crippen LogP contribution in [-0.4, -0.2) is 44.2 Å². The summed E-state index contributed by atoms with van der Waals surface area (Å²) < 4.78 is 19.9. The van der Waals surface area contributed by atoms with E-state index in [0.717, 1.165) is 19.2 Å². The summed E-state index contributed by atoms with van der Waals surface area (Å²) in [6, 6.07) is 1.04. The highest BCUT2D eigenvalue weighted by Crippen LogP contribution is 2.39. The maximum atomic E-state index is 14.4. The van der Waals surface area contributed by atoms with Gasteiger partial charge in [-0.2, -0.15) is 0 Å². The van der Waals surface area contributed by atoms with Gasteiger partial charge in [0.1, 0.15) is 12.2 Å². The van der Waals surface area contributed by atoms with E-state index in [0.29, 0.717) is 4.57 Å². The molecule has 1 saturated heterocycles. The van der Waals surface area contributed by atoms with Gasteiger partial charge in [-0.3, -0.25) is 4.79 Å². The second kappa shape index (κ2) is 4.30. The molecule has 0 unspecified atom stereocenters. The van der Waals surface area contributed by atoms with E-state index in [-0.39, 0.29) is 0 Å². The Labute approximate surface area is 100 Å². The summed E-state index contributed by atoms with van der Waals surface area (Å²) in [6.45, 7) is 0.396. The van der Waals surface area contributed by atoms with E-state index >= 15 is 0 Å². The lowest BCUT2D eigenvalue weighted by atomic mass is 9.98. The van der Waals surface area contributed by atoms with Crippen molar-refractivity contribution in [2.75, 3.05) is 6.61 Å². The Kier molecular flexibility index (Phi) is 3.09. The number of H-pyrrole nitrogens is 1. The number of aromatic amines is 1.